The van der Waals surface area contributed by atoms with Crippen molar-refractivity contribution in [1.29, 1.82) is 0 Å². The molecule has 0 heterocycles. The number of hydrogen-bond donors (Lipinski definition) is 1. The van der Waals surface area contributed by atoms with Crippen molar-refractivity contribution in [2.24, 2.45) is 0 Å². The molecule has 0 saturated carbocycles. The van der Waals surface area contributed by atoms with Gasteiger partial charge >= 0.3 is 0 Å². The zero-order valence-electron chi connectivity index (χ0n) is 6.11. The smallest absolute Gasteiger partial charge is 0.295 e. The topological polar surface area (TPSA) is 46.5 Å². The van der Waals surface area contributed by atoms with E-state index in [0.717, 1.165) is 0 Å². The van der Waals surface area contributed by atoms with Crippen LogP contribution in [0.5, 0.6) is 0 Å². The summed E-state index contributed by atoms with van der Waals surface area (Å²) >= 11 is 5.63. The van der Waals surface area contributed by atoms with Gasteiger partial charge in [-0.1, -0.05) is 23.7 Å². The Morgan fingerprint density at radius 2 is 2.33 bits per heavy atom. The fraction of sp³-hybridized carbons (Fsp3) is 0.125. The second-order valence-corrected chi connectivity index (χ2v) is 2.58. The Morgan fingerprint density at radius 3 is 2.92 bits per heavy atom. The molecule has 1 N–H and O–H groups in total. The Balaban J connectivity index is 2.80. The van der Waals surface area contributed by atoms with Crippen molar-refractivity contribution < 1.29 is 14.6 Å². The van der Waals surface area contributed by atoms with Crippen molar-refractivity contribution in [2.45, 2.75) is 6.29 Å². The van der Waals surface area contributed by atoms with E-state index in [2.05, 4.69) is 4.74 Å². The van der Waals surface area contributed by atoms with Crippen LogP contribution in [0, 0.1) is 0 Å². The lowest BCUT2D eigenvalue weighted by Gasteiger charge is -2.07. The predicted molar refractivity (Wildman–Crippen MR) is 43.6 cm³/mol. The Bertz CT molecular complexity index is 275. The number of aliphatic hydroxyl groups is 1. The summed E-state index contributed by atoms with van der Waals surface area (Å²) in [7, 11) is 0. The highest BCUT2D eigenvalue weighted by molar-refractivity contribution is 6.30. The van der Waals surface area contributed by atoms with E-state index in [9.17, 15) is 4.79 Å². The van der Waals surface area contributed by atoms with Gasteiger partial charge in [-0.15, -0.1) is 0 Å². The number of carbonyl (C=O) groups is 1. The molecule has 1 unspecified atom stereocenters. The molecule has 1 atom stereocenters. The third-order valence-electron chi connectivity index (χ3n) is 1.32. The van der Waals surface area contributed by atoms with Crippen LogP contribution >= 0.6 is 11.6 Å². The van der Waals surface area contributed by atoms with Crippen molar-refractivity contribution in [2.75, 3.05) is 0 Å². The first-order chi connectivity index (χ1) is 5.74. The Kier molecular flexibility index (Phi) is 3.08. The maximum Gasteiger partial charge on any atom is 0.295 e. The van der Waals surface area contributed by atoms with E-state index in [1.165, 1.54) is 6.07 Å². The summed E-state index contributed by atoms with van der Waals surface area (Å²) < 4.78 is 4.30. The van der Waals surface area contributed by atoms with Crippen LogP contribution in [0.25, 0.3) is 0 Å². The van der Waals surface area contributed by atoms with Gasteiger partial charge in [0, 0.05) is 10.6 Å². The normalized spacial score (nSPS) is 12.2. The molecule has 0 aliphatic rings. The van der Waals surface area contributed by atoms with Crippen LogP contribution in [-0.4, -0.2) is 11.6 Å². The molecular formula is C8H7ClO3. The quantitative estimate of drug-likeness (QED) is 0.575. The van der Waals surface area contributed by atoms with Crippen molar-refractivity contribution >= 4 is 18.1 Å². The SMILES string of the molecule is O=COC(O)c1cccc(Cl)c1. The molecule has 4 heteroatoms. The van der Waals surface area contributed by atoms with Crippen LogP contribution in [0.4, 0.5) is 0 Å². The van der Waals surface area contributed by atoms with E-state index in [4.69, 9.17) is 16.7 Å². The zero-order chi connectivity index (χ0) is 8.97. The standard InChI is InChI=1S/C8H7ClO3/c9-7-3-1-2-6(4-7)8(11)12-5-10/h1-5,8,11H. The molecule has 3 nitrogen and oxygen atoms in total. The molecule has 64 valence electrons. The summed E-state index contributed by atoms with van der Waals surface area (Å²) in [4.78, 5) is 9.86. The number of ether oxygens (including phenoxy) is 1. The van der Waals surface area contributed by atoms with Gasteiger partial charge in [0.2, 0.25) is 6.29 Å². The van der Waals surface area contributed by atoms with Gasteiger partial charge < -0.3 is 9.84 Å². The molecule has 1 aromatic carbocycles. The summed E-state index contributed by atoms with van der Waals surface area (Å²) in [6.45, 7) is 0.186. The molecule has 0 spiro atoms. The van der Waals surface area contributed by atoms with Gasteiger partial charge in [0.1, 0.15) is 0 Å². The summed E-state index contributed by atoms with van der Waals surface area (Å²) in [6, 6.07) is 6.46. The van der Waals surface area contributed by atoms with Gasteiger partial charge in [-0.05, 0) is 12.1 Å². The number of carbonyl (C=O) groups excluding carboxylic acids is 1. The van der Waals surface area contributed by atoms with Crippen LogP contribution in [-0.2, 0) is 9.53 Å². The molecule has 1 aromatic rings. The van der Waals surface area contributed by atoms with Crippen LogP contribution in [0.3, 0.4) is 0 Å². The first-order valence-electron chi connectivity index (χ1n) is 3.26. The number of aliphatic hydroxyl groups excluding tert-OH is 1. The lowest BCUT2D eigenvalue weighted by Crippen LogP contribution is -2.00. The first kappa shape index (κ1) is 9.03. The van der Waals surface area contributed by atoms with E-state index < -0.39 is 6.29 Å². The van der Waals surface area contributed by atoms with E-state index in [1.807, 2.05) is 0 Å². The summed E-state index contributed by atoms with van der Waals surface area (Å²) in [5.41, 5.74) is 0.453. The second kappa shape index (κ2) is 4.09. The minimum atomic E-state index is -1.24. The van der Waals surface area contributed by atoms with E-state index in [-0.39, 0.29) is 6.47 Å². The Labute approximate surface area is 74.5 Å². The van der Waals surface area contributed by atoms with E-state index >= 15 is 0 Å². The number of hydrogen-bond acceptors (Lipinski definition) is 3. The molecular weight excluding hydrogens is 180 g/mol. The highest BCUT2D eigenvalue weighted by atomic mass is 35.5. The predicted octanol–water partition coefficient (Wildman–Crippen LogP) is 1.50. The molecule has 1 rings (SSSR count). The fourth-order valence-electron chi connectivity index (χ4n) is 0.791. The number of benzene rings is 1. The average molecular weight is 187 g/mol. The molecule has 12 heavy (non-hydrogen) atoms. The summed E-state index contributed by atoms with van der Waals surface area (Å²) in [5.74, 6) is 0. The third kappa shape index (κ3) is 2.22. The number of halogens is 1. The van der Waals surface area contributed by atoms with Gasteiger partial charge in [-0.3, -0.25) is 4.79 Å². The maximum atomic E-state index is 9.86. The molecule has 0 fully saturated rings. The van der Waals surface area contributed by atoms with Crippen LogP contribution < -0.4 is 0 Å². The summed E-state index contributed by atoms with van der Waals surface area (Å²) in [6.07, 6.45) is -1.24. The first-order valence-corrected chi connectivity index (χ1v) is 3.64. The lowest BCUT2D eigenvalue weighted by molar-refractivity contribution is -0.152. The maximum absolute atomic E-state index is 9.86. The Hall–Kier alpha value is -1.06. The fourth-order valence-corrected chi connectivity index (χ4v) is 0.990. The van der Waals surface area contributed by atoms with Crippen LogP contribution in [0.1, 0.15) is 11.9 Å². The zero-order valence-corrected chi connectivity index (χ0v) is 6.86. The highest BCUT2D eigenvalue weighted by Gasteiger charge is 2.06. The van der Waals surface area contributed by atoms with Crippen LogP contribution in [0.15, 0.2) is 24.3 Å². The largest absolute Gasteiger partial charge is 0.434 e. The van der Waals surface area contributed by atoms with Gasteiger partial charge in [0.15, 0.2) is 0 Å². The Morgan fingerprint density at radius 1 is 1.58 bits per heavy atom. The van der Waals surface area contributed by atoms with Gasteiger partial charge in [0.05, 0.1) is 0 Å². The number of rotatable bonds is 3. The van der Waals surface area contributed by atoms with Crippen molar-refractivity contribution in [3.8, 4) is 0 Å². The minimum absolute atomic E-state index is 0.186. The monoisotopic (exact) mass is 186 g/mol. The molecule has 0 radical (unpaired) electrons. The molecule has 0 bridgehead atoms. The van der Waals surface area contributed by atoms with Crippen molar-refractivity contribution in [1.82, 2.24) is 0 Å². The molecule has 0 amide bonds. The van der Waals surface area contributed by atoms with Crippen molar-refractivity contribution in [3.05, 3.63) is 34.9 Å². The third-order valence-corrected chi connectivity index (χ3v) is 1.55. The summed E-state index contributed by atoms with van der Waals surface area (Å²) in [5, 5.41) is 9.62. The average Bonchev–Trinajstić information content (AvgIpc) is 2.05. The highest BCUT2D eigenvalue weighted by Crippen LogP contribution is 2.17. The molecule has 0 aromatic heterocycles. The van der Waals surface area contributed by atoms with E-state index in [0.29, 0.717) is 10.6 Å². The second-order valence-electron chi connectivity index (χ2n) is 2.14. The minimum Gasteiger partial charge on any atom is -0.434 e. The molecule has 0 aliphatic heterocycles. The van der Waals surface area contributed by atoms with E-state index in [1.54, 1.807) is 18.2 Å². The molecule has 0 saturated heterocycles. The molecule has 0 aliphatic carbocycles. The van der Waals surface area contributed by atoms with Gasteiger partial charge in [-0.2, -0.15) is 0 Å². The lowest BCUT2D eigenvalue weighted by atomic mass is 10.2. The van der Waals surface area contributed by atoms with Crippen molar-refractivity contribution in [3.63, 3.8) is 0 Å². The van der Waals surface area contributed by atoms with Gasteiger partial charge in [0.25, 0.3) is 6.47 Å². The van der Waals surface area contributed by atoms with Crippen LogP contribution in [0.2, 0.25) is 5.02 Å². The van der Waals surface area contributed by atoms with Gasteiger partial charge in [-0.25, -0.2) is 0 Å².